The molecule has 0 spiro atoms. The van der Waals surface area contributed by atoms with E-state index < -0.39 is 0 Å². The fraction of sp³-hybridized carbons (Fsp3) is 0.375. The van der Waals surface area contributed by atoms with Crippen LogP contribution >= 0.6 is 11.6 Å². The first kappa shape index (κ1) is 14.9. The highest BCUT2D eigenvalue weighted by Crippen LogP contribution is 2.23. The molecule has 106 valence electrons. The summed E-state index contributed by atoms with van der Waals surface area (Å²) >= 11 is 6.33. The molecule has 0 saturated heterocycles. The number of aryl methyl sites for hydroxylation is 1. The first-order valence-electron chi connectivity index (χ1n) is 6.95. The lowest BCUT2D eigenvalue weighted by Crippen LogP contribution is -2.25. The summed E-state index contributed by atoms with van der Waals surface area (Å²) in [5.41, 5.74) is 3.33. The Hall–Kier alpha value is -1.45. The quantitative estimate of drug-likeness (QED) is 0.881. The minimum atomic E-state index is 0.165. The molecule has 2 rings (SSSR count). The summed E-state index contributed by atoms with van der Waals surface area (Å²) in [4.78, 5) is 8.34. The van der Waals surface area contributed by atoms with E-state index in [4.69, 9.17) is 11.6 Å². The molecule has 0 aliphatic heterocycles. The summed E-state index contributed by atoms with van der Waals surface area (Å²) < 4.78 is 0. The SMILES string of the molecule is CCCNC(Cc1ccc(C)cc1Cl)c1ccncn1. The van der Waals surface area contributed by atoms with Crippen LogP contribution in [0.4, 0.5) is 0 Å². The molecule has 1 atom stereocenters. The lowest BCUT2D eigenvalue weighted by Gasteiger charge is -2.18. The number of hydrogen-bond acceptors (Lipinski definition) is 3. The number of rotatable bonds is 6. The minimum absolute atomic E-state index is 0.165. The molecule has 0 aliphatic carbocycles. The van der Waals surface area contributed by atoms with Gasteiger partial charge < -0.3 is 5.32 Å². The van der Waals surface area contributed by atoms with Crippen molar-refractivity contribution in [2.45, 2.75) is 32.7 Å². The van der Waals surface area contributed by atoms with Crippen LogP contribution in [0.15, 0.2) is 36.8 Å². The lowest BCUT2D eigenvalue weighted by atomic mass is 10.0. The first-order valence-corrected chi connectivity index (χ1v) is 7.33. The van der Waals surface area contributed by atoms with Gasteiger partial charge in [0.05, 0.1) is 11.7 Å². The van der Waals surface area contributed by atoms with Gasteiger partial charge in [-0.2, -0.15) is 0 Å². The Morgan fingerprint density at radius 1 is 1.30 bits per heavy atom. The maximum absolute atomic E-state index is 6.33. The maximum Gasteiger partial charge on any atom is 0.115 e. The molecule has 1 heterocycles. The Labute approximate surface area is 125 Å². The zero-order valence-corrected chi connectivity index (χ0v) is 12.7. The number of nitrogens with zero attached hydrogens (tertiary/aromatic N) is 2. The van der Waals surface area contributed by atoms with Gasteiger partial charge >= 0.3 is 0 Å². The topological polar surface area (TPSA) is 37.8 Å². The van der Waals surface area contributed by atoms with Crippen LogP contribution < -0.4 is 5.32 Å². The number of halogens is 1. The largest absolute Gasteiger partial charge is 0.308 e. The first-order chi connectivity index (χ1) is 9.70. The van der Waals surface area contributed by atoms with Crippen LogP contribution in [-0.2, 0) is 6.42 Å². The van der Waals surface area contributed by atoms with E-state index in [0.717, 1.165) is 35.7 Å². The van der Waals surface area contributed by atoms with E-state index in [1.807, 2.05) is 19.1 Å². The Morgan fingerprint density at radius 3 is 2.80 bits per heavy atom. The zero-order chi connectivity index (χ0) is 14.4. The molecule has 1 unspecified atom stereocenters. The highest BCUT2D eigenvalue weighted by Gasteiger charge is 2.14. The highest BCUT2D eigenvalue weighted by atomic mass is 35.5. The van der Waals surface area contributed by atoms with E-state index in [9.17, 15) is 0 Å². The van der Waals surface area contributed by atoms with Crippen molar-refractivity contribution >= 4 is 11.6 Å². The summed E-state index contributed by atoms with van der Waals surface area (Å²) in [6, 6.07) is 8.32. The molecule has 4 heteroatoms. The standard InChI is InChI=1S/C16H20ClN3/c1-3-7-19-16(15-6-8-18-11-20-15)10-13-5-4-12(2)9-14(13)17/h4-6,8-9,11,16,19H,3,7,10H2,1-2H3. The summed E-state index contributed by atoms with van der Waals surface area (Å²) in [6.07, 6.45) is 5.28. The molecule has 1 N–H and O–H groups in total. The van der Waals surface area contributed by atoms with Crippen molar-refractivity contribution in [2.24, 2.45) is 0 Å². The maximum atomic E-state index is 6.33. The van der Waals surface area contributed by atoms with Gasteiger partial charge in [-0.15, -0.1) is 0 Å². The van der Waals surface area contributed by atoms with Gasteiger partial charge in [-0.25, -0.2) is 9.97 Å². The van der Waals surface area contributed by atoms with Crippen molar-refractivity contribution in [2.75, 3.05) is 6.54 Å². The summed E-state index contributed by atoms with van der Waals surface area (Å²) in [7, 11) is 0. The fourth-order valence-corrected chi connectivity index (χ4v) is 2.46. The number of nitrogens with one attached hydrogen (secondary N) is 1. The van der Waals surface area contributed by atoms with Crippen molar-refractivity contribution in [3.05, 3.63) is 58.6 Å². The predicted octanol–water partition coefficient (Wildman–Crippen LogP) is 3.72. The summed E-state index contributed by atoms with van der Waals surface area (Å²) in [5, 5.41) is 4.35. The molecule has 0 radical (unpaired) electrons. The van der Waals surface area contributed by atoms with Crippen LogP contribution in [0.3, 0.4) is 0 Å². The molecule has 0 fully saturated rings. The van der Waals surface area contributed by atoms with E-state index in [0.29, 0.717) is 0 Å². The normalized spacial score (nSPS) is 12.3. The van der Waals surface area contributed by atoms with Crippen molar-refractivity contribution in [3.63, 3.8) is 0 Å². The van der Waals surface area contributed by atoms with E-state index in [1.165, 1.54) is 5.56 Å². The third-order valence-corrected chi connectivity index (χ3v) is 3.59. The van der Waals surface area contributed by atoms with Gasteiger partial charge in [-0.1, -0.05) is 30.7 Å². The van der Waals surface area contributed by atoms with Gasteiger partial charge in [0, 0.05) is 11.2 Å². The molecule has 2 aromatic rings. The smallest absolute Gasteiger partial charge is 0.115 e. The zero-order valence-electron chi connectivity index (χ0n) is 11.9. The van der Waals surface area contributed by atoms with Crippen LogP contribution in [-0.4, -0.2) is 16.5 Å². The monoisotopic (exact) mass is 289 g/mol. The second-order valence-corrected chi connectivity index (χ2v) is 5.35. The van der Waals surface area contributed by atoms with Crippen molar-refractivity contribution in [1.29, 1.82) is 0 Å². The second kappa shape index (κ2) is 7.36. The van der Waals surface area contributed by atoms with Gasteiger partial charge in [0.25, 0.3) is 0 Å². The van der Waals surface area contributed by atoms with E-state index in [1.54, 1.807) is 12.5 Å². The summed E-state index contributed by atoms with van der Waals surface area (Å²) in [5.74, 6) is 0. The van der Waals surface area contributed by atoms with Crippen molar-refractivity contribution < 1.29 is 0 Å². The van der Waals surface area contributed by atoms with Gasteiger partial charge in [0.15, 0.2) is 0 Å². The third kappa shape index (κ3) is 4.02. The Bertz CT molecular complexity index is 543. The van der Waals surface area contributed by atoms with Gasteiger partial charge in [-0.3, -0.25) is 0 Å². The third-order valence-electron chi connectivity index (χ3n) is 3.24. The fourth-order valence-electron chi connectivity index (χ4n) is 2.14. The van der Waals surface area contributed by atoms with E-state index in [-0.39, 0.29) is 6.04 Å². The van der Waals surface area contributed by atoms with Crippen LogP contribution in [0.25, 0.3) is 0 Å². The number of aromatic nitrogens is 2. The van der Waals surface area contributed by atoms with E-state index >= 15 is 0 Å². The average molecular weight is 290 g/mol. The molecule has 0 saturated carbocycles. The number of hydrogen-bond donors (Lipinski definition) is 1. The predicted molar refractivity (Wildman–Crippen MR) is 83.0 cm³/mol. The minimum Gasteiger partial charge on any atom is -0.308 e. The highest BCUT2D eigenvalue weighted by molar-refractivity contribution is 6.31. The molecule has 3 nitrogen and oxygen atoms in total. The van der Waals surface area contributed by atoms with Crippen molar-refractivity contribution in [3.8, 4) is 0 Å². The van der Waals surface area contributed by atoms with Gasteiger partial charge in [-0.05, 0) is 49.6 Å². The van der Waals surface area contributed by atoms with Crippen LogP contribution in [0.1, 0.15) is 36.2 Å². The Balaban J connectivity index is 2.19. The average Bonchev–Trinajstić information content (AvgIpc) is 2.46. The van der Waals surface area contributed by atoms with Gasteiger partial charge in [0.1, 0.15) is 6.33 Å². The molecular formula is C16H20ClN3. The van der Waals surface area contributed by atoms with Crippen LogP contribution in [0, 0.1) is 6.92 Å². The molecular weight excluding hydrogens is 270 g/mol. The molecule has 1 aromatic carbocycles. The number of benzene rings is 1. The second-order valence-electron chi connectivity index (χ2n) is 4.94. The van der Waals surface area contributed by atoms with Gasteiger partial charge in [0.2, 0.25) is 0 Å². The molecule has 0 aliphatic rings. The Morgan fingerprint density at radius 2 is 2.15 bits per heavy atom. The molecule has 0 bridgehead atoms. The molecule has 0 amide bonds. The Kier molecular flexibility index (Phi) is 5.50. The molecule has 20 heavy (non-hydrogen) atoms. The van der Waals surface area contributed by atoms with Crippen LogP contribution in [0.2, 0.25) is 5.02 Å². The van der Waals surface area contributed by atoms with E-state index in [2.05, 4.69) is 34.3 Å². The van der Waals surface area contributed by atoms with Crippen LogP contribution in [0.5, 0.6) is 0 Å². The van der Waals surface area contributed by atoms with Crippen molar-refractivity contribution in [1.82, 2.24) is 15.3 Å². The molecule has 1 aromatic heterocycles. The summed E-state index contributed by atoms with van der Waals surface area (Å²) in [6.45, 7) is 5.16. The lowest BCUT2D eigenvalue weighted by molar-refractivity contribution is 0.517.